The van der Waals surface area contributed by atoms with Gasteiger partial charge >= 0.3 is 0 Å². The zero-order valence-corrected chi connectivity index (χ0v) is 11.2. The van der Waals surface area contributed by atoms with E-state index < -0.39 is 0 Å². The van der Waals surface area contributed by atoms with Crippen molar-refractivity contribution in [1.29, 1.82) is 0 Å². The maximum atomic E-state index is 8.58. The van der Waals surface area contributed by atoms with E-state index in [9.17, 15) is 0 Å². The van der Waals surface area contributed by atoms with Gasteiger partial charge in [0.2, 0.25) is 0 Å². The van der Waals surface area contributed by atoms with Crippen molar-refractivity contribution in [2.75, 3.05) is 6.61 Å². The van der Waals surface area contributed by atoms with Crippen LogP contribution >= 0.6 is 23.2 Å². The lowest BCUT2D eigenvalue weighted by atomic mass is 10.0. The third-order valence-corrected chi connectivity index (χ3v) is 3.68. The Labute approximate surface area is 115 Å². The van der Waals surface area contributed by atoms with Crippen molar-refractivity contribution in [2.24, 2.45) is 16.3 Å². The molecule has 1 fully saturated rings. The second-order valence-electron chi connectivity index (χ2n) is 4.61. The third kappa shape index (κ3) is 3.00. The van der Waals surface area contributed by atoms with Crippen LogP contribution in [0.25, 0.3) is 0 Å². The maximum absolute atomic E-state index is 8.58. The Bertz CT molecular complexity index is 453. The summed E-state index contributed by atoms with van der Waals surface area (Å²) in [7, 11) is 0. The second kappa shape index (κ2) is 5.24. The molecule has 0 unspecified atom stereocenters. The van der Waals surface area contributed by atoms with E-state index in [0.717, 1.165) is 12.8 Å². The van der Waals surface area contributed by atoms with Crippen LogP contribution in [0.4, 0.5) is 0 Å². The highest BCUT2D eigenvalue weighted by atomic mass is 35.5. The number of oxime groups is 1. The molecule has 0 aliphatic heterocycles. The molecule has 18 heavy (non-hydrogen) atoms. The molecule has 1 aromatic carbocycles. The lowest BCUT2D eigenvalue weighted by Crippen LogP contribution is -2.22. The molecular formula is C12H14Cl2N2O2. The summed E-state index contributed by atoms with van der Waals surface area (Å²) in [6, 6.07) is 5.22. The van der Waals surface area contributed by atoms with Gasteiger partial charge in [0.15, 0.2) is 5.75 Å². The van der Waals surface area contributed by atoms with E-state index in [2.05, 4.69) is 5.16 Å². The Balaban J connectivity index is 2.00. The first-order valence-electron chi connectivity index (χ1n) is 5.59. The van der Waals surface area contributed by atoms with Gasteiger partial charge in [0, 0.05) is 11.8 Å². The average Bonchev–Trinajstić information content (AvgIpc) is 3.08. The molecule has 4 nitrogen and oxygen atoms in total. The Morgan fingerprint density at radius 2 is 2.00 bits per heavy atom. The van der Waals surface area contributed by atoms with Gasteiger partial charge in [0.1, 0.15) is 5.84 Å². The summed E-state index contributed by atoms with van der Waals surface area (Å²) in [6.07, 6.45) is 2.50. The van der Waals surface area contributed by atoms with Gasteiger partial charge in [0.05, 0.1) is 16.7 Å². The molecular weight excluding hydrogens is 275 g/mol. The topological polar surface area (TPSA) is 67.8 Å². The first kappa shape index (κ1) is 13.3. The lowest BCUT2D eigenvalue weighted by molar-refractivity contribution is 0.236. The molecule has 0 aromatic heterocycles. The number of para-hydroxylation sites is 1. The van der Waals surface area contributed by atoms with Crippen LogP contribution in [-0.2, 0) is 0 Å². The molecule has 0 bridgehead atoms. The monoisotopic (exact) mass is 288 g/mol. The first-order valence-corrected chi connectivity index (χ1v) is 6.35. The molecule has 0 atom stereocenters. The predicted octanol–water partition coefficient (Wildman–Crippen LogP) is 3.29. The van der Waals surface area contributed by atoms with Crippen LogP contribution in [0.5, 0.6) is 5.75 Å². The highest BCUT2D eigenvalue weighted by molar-refractivity contribution is 6.37. The van der Waals surface area contributed by atoms with Crippen LogP contribution in [0.1, 0.15) is 19.3 Å². The predicted molar refractivity (Wildman–Crippen MR) is 71.6 cm³/mol. The molecule has 2 rings (SSSR count). The van der Waals surface area contributed by atoms with Crippen LogP contribution in [0.3, 0.4) is 0 Å². The fourth-order valence-electron chi connectivity index (χ4n) is 1.81. The molecule has 3 N–H and O–H groups in total. The first-order chi connectivity index (χ1) is 8.56. The van der Waals surface area contributed by atoms with Gasteiger partial charge in [-0.05, 0) is 25.0 Å². The van der Waals surface area contributed by atoms with E-state index in [4.69, 9.17) is 38.9 Å². The number of hydrogen-bond acceptors (Lipinski definition) is 3. The minimum atomic E-state index is -0.0428. The van der Waals surface area contributed by atoms with Gasteiger partial charge < -0.3 is 15.7 Å². The number of amidine groups is 1. The Morgan fingerprint density at radius 1 is 1.39 bits per heavy atom. The largest absolute Gasteiger partial charge is 0.490 e. The van der Waals surface area contributed by atoms with E-state index in [-0.39, 0.29) is 11.3 Å². The fourth-order valence-corrected chi connectivity index (χ4v) is 2.32. The van der Waals surface area contributed by atoms with Crippen molar-refractivity contribution in [1.82, 2.24) is 0 Å². The van der Waals surface area contributed by atoms with Crippen LogP contribution < -0.4 is 10.5 Å². The van der Waals surface area contributed by atoms with Gasteiger partial charge in [0.25, 0.3) is 0 Å². The van der Waals surface area contributed by atoms with Gasteiger partial charge in [-0.1, -0.05) is 34.4 Å². The summed E-state index contributed by atoms with van der Waals surface area (Å²) in [5.41, 5.74) is 5.48. The van der Waals surface area contributed by atoms with Crippen LogP contribution in [-0.4, -0.2) is 17.6 Å². The number of hydrogen-bond donors (Lipinski definition) is 2. The molecule has 1 saturated carbocycles. The highest BCUT2D eigenvalue weighted by Gasteiger charge is 2.44. The van der Waals surface area contributed by atoms with Crippen LogP contribution in [0.15, 0.2) is 23.4 Å². The van der Waals surface area contributed by atoms with Crippen molar-refractivity contribution in [2.45, 2.75) is 19.3 Å². The minimum absolute atomic E-state index is 0.0428. The van der Waals surface area contributed by atoms with E-state index >= 15 is 0 Å². The molecule has 0 spiro atoms. The normalized spacial score (nSPS) is 17.6. The van der Waals surface area contributed by atoms with Crippen molar-refractivity contribution in [3.05, 3.63) is 28.2 Å². The number of ether oxygens (including phenoxy) is 1. The molecule has 1 aromatic rings. The molecule has 6 heteroatoms. The number of nitrogens with two attached hydrogens (primary N) is 1. The fraction of sp³-hybridized carbons (Fsp3) is 0.417. The summed E-state index contributed by atoms with van der Waals surface area (Å²) in [6.45, 7) is 0.465. The lowest BCUT2D eigenvalue weighted by Gasteiger charge is -2.16. The Morgan fingerprint density at radius 3 is 2.50 bits per heavy atom. The van der Waals surface area contributed by atoms with E-state index in [1.807, 2.05) is 0 Å². The summed E-state index contributed by atoms with van der Waals surface area (Å²) in [4.78, 5) is 0. The molecule has 1 aliphatic carbocycles. The van der Waals surface area contributed by atoms with E-state index in [0.29, 0.717) is 28.8 Å². The van der Waals surface area contributed by atoms with E-state index in [1.54, 1.807) is 18.2 Å². The van der Waals surface area contributed by atoms with Crippen molar-refractivity contribution >= 4 is 29.0 Å². The number of benzene rings is 1. The number of nitrogens with zero attached hydrogens (tertiary/aromatic N) is 1. The maximum Gasteiger partial charge on any atom is 0.156 e. The van der Waals surface area contributed by atoms with Crippen LogP contribution in [0.2, 0.25) is 10.0 Å². The SMILES string of the molecule is NC(CC1(COc2c(Cl)cccc2Cl)CC1)=NO. The standard InChI is InChI=1S/C12H14Cl2N2O2/c13-8-2-1-3-9(14)11(8)18-7-12(4-5-12)6-10(15)16-17/h1-3,17H,4-7H2,(H2,15,16). The zero-order valence-electron chi connectivity index (χ0n) is 9.70. The average molecular weight is 289 g/mol. The summed E-state index contributed by atoms with van der Waals surface area (Å²) in [5, 5.41) is 12.5. The van der Waals surface area contributed by atoms with Gasteiger partial charge in [-0.15, -0.1) is 0 Å². The van der Waals surface area contributed by atoms with Crippen molar-refractivity contribution < 1.29 is 9.94 Å². The third-order valence-electron chi connectivity index (χ3n) is 3.08. The zero-order chi connectivity index (χ0) is 13.2. The number of rotatable bonds is 5. The van der Waals surface area contributed by atoms with Gasteiger partial charge in [-0.3, -0.25) is 0 Å². The molecule has 0 saturated heterocycles. The van der Waals surface area contributed by atoms with E-state index in [1.165, 1.54) is 0 Å². The minimum Gasteiger partial charge on any atom is -0.490 e. The Hall–Kier alpha value is -1.13. The molecule has 0 radical (unpaired) electrons. The molecule has 0 amide bonds. The van der Waals surface area contributed by atoms with Crippen LogP contribution in [0, 0.1) is 5.41 Å². The van der Waals surface area contributed by atoms with Crippen molar-refractivity contribution in [3.63, 3.8) is 0 Å². The Kier molecular flexibility index (Phi) is 3.88. The smallest absolute Gasteiger partial charge is 0.156 e. The molecule has 0 heterocycles. The summed E-state index contributed by atoms with van der Waals surface area (Å²) in [5.74, 6) is 0.716. The molecule has 1 aliphatic rings. The quantitative estimate of drug-likeness (QED) is 0.378. The molecule has 98 valence electrons. The summed E-state index contributed by atoms with van der Waals surface area (Å²) >= 11 is 12.0. The van der Waals surface area contributed by atoms with Gasteiger partial charge in [-0.25, -0.2) is 0 Å². The van der Waals surface area contributed by atoms with Gasteiger partial charge in [-0.2, -0.15) is 0 Å². The van der Waals surface area contributed by atoms with Crippen molar-refractivity contribution in [3.8, 4) is 5.75 Å². The highest BCUT2D eigenvalue weighted by Crippen LogP contribution is 2.49. The summed E-state index contributed by atoms with van der Waals surface area (Å²) < 4.78 is 5.68. The second-order valence-corrected chi connectivity index (χ2v) is 5.42. The number of halogens is 2.